The molecule has 0 fully saturated rings. The fourth-order valence-electron chi connectivity index (χ4n) is 4.14. The van der Waals surface area contributed by atoms with Gasteiger partial charge in [0, 0.05) is 31.1 Å². The molecule has 9 nitrogen and oxygen atoms in total. The summed E-state index contributed by atoms with van der Waals surface area (Å²) in [6, 6.07) is 12.1. The summed E-state index contributed by atoms with van der Waals surface area (Å²) < 4.78 is 37.6. The fraction of sp³-hybridized carbons (Fsp3) is 0.500. The van der Waals surface area contributed by atoms with E-state index in [2.05, 4.69) is 5.32 Å². The lowest BCUT2D eigenvalue weighted by Crippen LogP contribution is -2.52. The van der Waals surface area contributed by atoms with Crippen molar-refractivity contribution in [1.82, 2.24) is 10.2 Å². The molecule has 2 amide bonds. The van der Waals surface area contributed by atoms with Crippen molar-refractivity contribution in [2.45, 2.75) is 65.6 Å². The Bertz CT molecular complexity index is 1240. The molecule has 208 valence electrons. The molecule has 10 heteroatoms. The smallest absolute Gasteiger partial charge is 0.242 e. The molecular weight excluding hydrogens is 506 g/mol. The molecular formula is C28H39N3O6S. The highest BCUT2D eigenvalue weighted by Crippen LogP contribution is 2.34. The van der Waals surface area contributed by atoms with Crippen molar-refractivity contribution in [2.24, 2.45) is 0 Å². The van der Waals surface area contributed by atoms with Crippen molar-refractivity contribution in [3.05, 3.63) is 53.6 Å². The summed E-state index contributed by atoms with van der Waals surface area (Å²) in [4.78, 5) is 27.9. The number of anilines is 1. The average Bonchev–Trinajstić information content (AvgIpc) is 2.83. The van der Waals surface area contributed by atoms with Gasteiger partial charge < -0.3 is 19.7 Å². The number of nitrogens with one attached hydrogen (secondary N) is 1. The average molecular weight is 546 g/mol. The second kappa shape index (κ2) is 12.1. The molecule has 0 saturated heterocycles. The molecule has 38 heavy (non-hydrogen) atoms. The summed E-state index contributed by atoms with van der Waals surface area (Å²) >= 11 is 0. The maximum Gasteiger partial charge on any atom is 0.242 e. The minimum absolute atomic E-state index is 0.0789. The van der Waals surface area contributed by atoms with Crippen LogP contribution in [0.5, 0.6) is 11.5 Å². The van der Waals surface area contributed by atoms with Crippen molar-refractivity contribution in [1.29, 1.82) is 0 Å². The van der Waals surface area contributed by atoms with Gasteiger partial charge in [0.2, 0.25) is 21.8 Å². The van der Waals surface area contributed by atoms with Crippen LogP contribution in [-0.4, -0.2) is 62.7 Å². The van der Waals surface area contributed by atoms with E-state index in [-0.39, 0.29) is 37.7 Å². The highest BCUT2D eigenvalue weighted by molar-refractivity contribution is 7.92. The zero-order chi connectivity index (χ0) is 28.1. The Labute approximate surface area is 226 Å². The standard InChI is InChI=1S/C28H39N3O6S/c1-20-9-11-22(12-10-20)19-30(21(2)27(33)29-28(3,4)5)26(32)8-7-15-31(38(6,34)35)23-13-14-24-25(18-23)37-17-16-36-24/h9-14,18,21H,7-8,15-17,19H2,1-6H3,(H,29,33)/t21-/m1/s1. The van der Waals surface area contributed by atoms with Gasteiger partial charge in [-0.25, -0.2) is 8.42 Å². The largest absolute Gasteiger partial charge is 0.486 e. The lowest BCUT2D eigenvalue weighted by molar-refractivity contribution is -0.141. The molecule has 0 aromatic heterocycles. The molecule has 1 heterocycles. The molecule has 0 unspecified atom stereocenters. The Morgan fingerprint density at radius 1 is 1.03 bits per heavy atom. The number of aryl methyl sites for hydroxylation is 1. The third-order valence-corrected chi connectivity index (χ3v) is 7.30. The van der Waals surface area contributed by atoms with E-state index in [1.54, 1.807) is 30.0 Å². The Hall–Kier alpha value is -3.27. The second-order valence-electron chi connectivity index (χ2n) is 10.7. The van der Waals surface area contributed by atoms with Crippen LogP contribution in [0.25, 0.3) is 0 Å². The van der Waals surface area contributed by atoms with E-state index >= 15 is 0 Å². The monoisotopic (exact) mass is 545 g/mol. The zero-order valence-corrected chi connectivity index (χ0v) is 23.9. The van der Waals surface area contributed by atoms with Gasteiger partial charge in [0.15, 0.2) is 11.5 Å². The van der Waals surface area contributed by atoms with E-state index in [4.69, 9.17) is 9.47 Å². The van der Waals surface area contributed by atoms with Gasteiger partial charge in [-0.3, -0.25) is 13.9 Å². The molecule has 1 atom stereocenters. The SMILES string of the molecule is Cc1ccc(CN(C(=O)CCCN(c2ccc3c(c2)OCCO3)S(C)(=O)=O)[C@H](C)C(=O)NC(C)(C)C)cc1. The first-order chi connectivity index (χ1) is 17.7. The van der Waals surface area contributed by atoms with E-state index in [0.29, 0.717) is 30.4 Å². The summed E-state index contributed by atoms with van der Waals surface area (Å²) in [7, 11) is -3.62. The number of nitrogens with zero attached hydrogens (tertiary/aromatic N) is 2. The Morgan fingerprint density at radius 2 is 1.66 bits per heavy atom. The minimum Gasteiger partial charge on any atom is -0.486 e. The second-order valence-corrected chi connectivity index (χ2v) is 12.6. The number of hydrogen-bond donors (Lipinski definition) is 1. The van der Waals surface area contributed by atoms with Gasteiger partial charge in [0.25, 0.3) is 0 Å². The molecule has 0 aliphatic carbocycles. The third kappa shape index (κ3) is 8.11. The first-order valence-electron chi connectivity index (χ1n) is 12.8. The highest BCUT2D eigenvalue weighted by Gasteiger charge is 2.29. The van der Waals surface area contributed by atoms with Crippen LogP contribution >= 0.6 is 0 Å². The summed E-state index contributed by atoms with van der Waals surface area (Å²) in [6.07, 6.45) is 1.49. The maximum atomic E-state index is 13.4. The number of sulfonamides is 1. The van der Waals surface area contributed by atoms with Crippen LogP contribution < -0.4 is 19.1 Å². The topological polar surface area (TPSA) is 105 Å². The van der Waals surface area contributed by atoms with Gasteiger partial charge in [-0.05, 0) is 58.7 Å². The van der Waals surface area contributed by atoms with Crippen LogP contribution in [0.4, 0.5) is 5.69 Å². The van der Waals surface area contributed by atoms with Crippen molar-refractivity contribution >= 4 is 27.5 Å². The van der Waals surface area contributed by atoms with E-state index in [9.17, 15) is 18.0 Å². The third-order valence-electron chi connectivity index (χ3n) is 6.10. The Morgan fingerprint density at radius 3 is 2.26 bits per heavy atom. The van der Waals surface area contributed by atoms with Crippen LogP contribution in [0.3, 0.4) is 0 Å². The van der Waals surface area contributed by atoms with Crippen molar-refractivity contribution in [2.75, 3.05) is 30.3 Å². The first-order valence-corrected chi connectivity index (χ1v) is 14.6. The quantitative estimate of drug-likeness (QED) is 0.489. The molecule has 3 rings (SSSR count). The van der Waals surface area contributed by atoms with Gasteiger partial charge >= 0.3 is 0 Å². The first kappa shape index (κ1) is 29.3. The summed E-state index contributed by atoms with van der Waals surface area (Å²) in [5, 5.41) is 2.95. The van der Waals surface area contributed by atoms with Crippen LogP contribution in [0.2, 0.25) is 0 Å². The molecule has 0 spiro atoms. The predicted octanol–water partition coefficient (Wildman–Crippen LogP) is 3.64. The number of rotatable bonds is 10. The number of amides is 2. The number of fused-ring (bicyclic) bond motifs is 1. The van der Waals surface area contributed by atoms with Crippen molar-refractivity contribution < 1.29 is 27.5 Å². The lowest BCUT2D eigenvalue weighted by Gasteiger charge is -2.32. The molecule has 1 aliphatic heterocycles. The minimum atomic E-state index is -3.62. The number of carbonyl (C=O) groups excluding carboxylic acids is 2. The van der Waals surface area contributed by atoms with Gasteiger partial charge in [0.1, 0.15) is 19.3 Å². The number of benzene rings is 2. The summed E-state index contributed by atoms with van der Waals surface area (Å²) in [6.45, 7) is 10.6. The van der Waals surface area contributed by atoms with Gasteiger partial charge in [-0.15, -0.1) is 0 Å². The molecule has 0 radical (unpaired) electrons. The normalized spacial score (nSPS) is 13.9. The summed E-state index contributed by atoms with van der Waals surface area (Å²) in [5.74, 6) is 0.587. The Kier molecular flexibility index (Phi) is 9.30. The molecule has 2 aromatic carbocycles. The maximum absolute atomic E-state index is 13.4. The van der Waals surface area contributed by atoms with Gasteiger partial charge in [-0.2, -0.15) is 0 Å². The molecule has 1 N–H and O–H groups in total. The zero-order valence-electron chi connectivity index (χ0n) is 23.1. The lowest BCUT2D eigenvalue weighted by atomic mass is 10.1. The van der Waals surface area contributed by atoms with Crippen molar-refractivity contribution in [3.8, 4) is 11.5 Å². The highest BCUT2D eigenvalue weighted by atomic mass is 32.2. The van der Waals surface area contributed by atoms with Crippen LogP contribution in [0.15, 0.2) is 42.5 Å². The van der Waals surface area contributed by atoms with Crippen LogP contribution in [0.1, 0.15) is 51.7 Å². The van der Waals surface area contributed by atoms with Crippen LogP contribution in [-0.2, 0) is 26.2 Å². The molecule has 1 aliphatic rings. The molecule has 0 bridgehead atoms. The molecule has 0 saturated carbocycles. The summed E-state index contributed by atoms with van der Waals surface area (Å²) in [5.41, 5.74) is 2.01. The van der Waals surface area contributed by atoms with Crippen LogP contribution in [0, 0.1) is 6.92 Å². The van der Waals surface area contributed by atoms with Gasteiger partial charge in [0.05, 0.1) is 11.9 Å². The Balaban J connectivity index is 1.74. The number of carbonyl (C=O) groups is 2. The fourth-order valence-corrected chi connectivity index (χ4v) is 5.10. The number of ether oxygens (including phenoxy) is 2. The number of hydrogen-bond acceptors (Lipinski definition) is 6. The van der Waals surface area contributed by atoms with Gasteiger partial charge in [-0.1, -0.05) is 29.8 Å². The van der Waals surface area contributed by atoms with E-state index in [1.807, 2.05) is 52.0 Å². The molecule has 2 aromatic rings. The predicted molar refractivity (Wildman–Crippen MR) is 148 cm³/mol. The van der Waals surface area contributed by atoms with E-state index in [0.717, 1.165) is 17.4 Å². The van der Waals surface area contributed by atoms with E-state index < -0.39 is 21.6 Å². The van der Waals surface area contributed by atoms with Crippen molar-refractivity contribution in [3.63, 3.8) is 0 Å². The van der Waals surface area contributed by atoms with E-state index in [1.165, 1.54) is 4.31 Å².